The Bertz CT molecular complexity index is 7590. The molecule has 0 fully saturated rings. The molecule has 21 aromatic rings. The maximum Gasteiger partial charge on any atom is 0.0714 e. The van der Waals surface area contributed by atoms with Crippen LogP contribution in [0.15, 0.2) is 419 Å². The monoisotopic (exact) mass is 1570 g/mol. The van der Waals surface area contributed by atoms with Crippen LogP contribution in [-0.4, -0.2) is 15.0 Å². The lowest BCUT2D eigenvalue weighted by Gasteiger charge is -2.24. The molecule has 582 valence electrons. The van der Waals surface area contributed by atoms with Gasteiger partial charge >= 0.3 is 0 Å². The van der Waals surface area contributed by atoms with Gasteiger partial charge in [-0.3, -0.25) is 15.0 Å². The van der Waals surface area contributed by atoms with Crippen molar-refractivity contribution in [2.24, 2.45) is 0 Å². The average molecular weight is 1570 g/mol. The van der Waals surface area contributed by atoms with Crippen molar-refractivity contribution >= 4 is 64.6 Å². The molecule has 3 nitrogen and oxygen atoms in total. The molecule has 0 bridgehead atoms. The molecule has 0 saturated heterocycles. The number of rotatable bonds is 9. The number of aromatic nitrogens is 3. The van der Waals surface area contributed by atoms with Crippen LogP contribution in [0.5, 0.6) is 0 Å². The fourth-order valence-corrected chi connectivity index (χ4v) is 21.0. The number of fused-ring (bicyclic) bond motifs is 15. The van der Waals surface area contributed by atoms with Gasteiger partial charge in [-0.1, -0.05) is 412 Å². The first kappa shape index (κ1) is 74.3. The van der Waals surface area contributed by atoms with E-state index in [-0.39, 0.29) is 16.2 Å². The van der Waals surface area contributed by atoms with E-state index in [1.807, 2.05) is 12.4 Å². The van der Waals surface area contributed by atoms with Crippen molar-refractivity contribution in [3.8, 4) is 134 Å². The molecule has 0 saturated carbocycles. The van der Waals surface area contributed by atoms with Gasteiger partial charge in [-0.25, -0.2) is 0 Å². The van der Waals surface area contributed by atoms with Gasteiger partial charge in [0.2, 0.25) is 0 Å². The number of hydrogen-bond donors (Lipinski definition) is 0. The first-order valence-electron chi connectivity index (χ1n) is 42.9. The Hall–Kier alpha value is -15.0. The number of hydrogen-bond acceptors (Lipinski definition) is 3. The van der Waals surface area contributed by atoms with E-state index in [9.17, 15) is 0 Å². The van der Waals surface area contributed by atoms with Crippen LogP contribution in [0.4, 0.5) is 0 Å². The predicted octanol–water partition coefficient (Wildman–Crippen LogP) is 32.1. The third-order valence-corrected chi connectivity index (χ3v) is 26.8. The standard InChI is InChI=1S/3C40H29N/c1-40(2)35-22-11-10-15-29(35)34-21-12-20-28(39(34)40)27-23-24-36(41-25-27)38-32-18-8-6-16-30(32)37(26-13-4-3-5-14-26)31-17-7-9-19-33(31)38;1-40(2)35-19-11-10-14-29(35)30-22-20-27(24-36(30)40)28-21-23-37(41-25-28)39-33-17-8-6-15-31(33)38(26-12-4-3-5-13-26)32-16-7-9-18-34(32)39;1-40(2)35-19-11-10-14-29(35)34-24-27(20-22-36(34)40)28-21-23-37(41-25-28)39-32-17-8-6-15-30(32)38(26-12-4-3-5-13-26)31-16-7-9-18-33(31)39/h3*3-25H,1-2H3. The lowest BCUT2D eigenvalue weighted by molar-refractivity contribution is 0.660. The van der Waals surface area contributed by atoms with Crippen LogP contribution in [0.2, 0.25) is 0 Å². The molecule has 0 aliphatic heterocycles. The van der Waals surface area contributed by atoms with Gasteiger partial charge in [0.1, 0.15) is 0 Å². The molecule has 3 aliphatic rings. The van der Waals surface area contributed by atoms with Crippen molar-refractivity contribution in [3.63, 3.8) is 0 Å². The molecule has 0 atom stereocenters. The first-order chi connectivity index (χ1) is 60.3. The Morgan fingerprint density at radius 1 is 0.154 bits per heavy atom. The van der Waals surface area contributed by atoms with Crippen LogP contribution in [-0.2, 0) is 16.2 Å². The summed E-state index contributed by atoms with van der Waals surface area (Å²) < 4.78 is 0. The van der Waals surface area contributed by atoms with Crippen molar-refractivity contribution in [1.82, 2.24) is 15.0 Å². The molecule has 3 heterocycles. The molecule has 0 spiro atoms. The molecule has 123 heavy (non-hydrogen) atoms. The van der Waals surface area contributed by atoms with Gasteiger partial charge in [-0.2, -0.15) is 0 Å². The highest BCUT2D eigenvalue weighted by atomic mass is 14.7. The zero-order valence-electron chi connectivity index (χ0n) is 69.7. The van der Waals surface area contributed by atoms with E-state index in [2.05, 4.69) is 448 Å². The fourth-order valence-electron chi connectivity index (χ4n) is 21.0. The number of benzene rings is 18. The second kappa shape index (κ2) is 29.7. The van der Waals surface area contributed by atoms with E-state index in [0.29, 0.717) is 0 Å². The highest BCUT2D eigenvalue weighted by molar-refractivity contribution is 6.24. The second-order valence-electron chi connectivity index (χ2n) is 34.7. The highest BCUT2D eigenvalue weighted by Crippen LogP contribution is 2.56. The summed E-state index contributed by atoms with van der Waals surface area (Å²) in [5, 5.41) is 14.8. The van der Waals surface area contributed by atoms with Crippen molar-refractivity contribution < 1.29 is 0 Å². The molecule has 0 radical (unpaired) electrons. The highest BCUT2D eigenvalue weighted by Gasteiger charge is 2.39. The summed E-state index contributed by atoms with van der Waals surface area (Å²) >= 11 is 0. The summed E-state index contributed by atoms with van der Waals surface area (Å²) in [7, 11) is 0. The number of nitrogens with zero attached hydrogens (tertiary/aromatic N) is 3. The topological polar surface area (TPSA) is 38.7 Å². The summed E-state index contributed by atoms with van der Waals surface area (Å²) in [6.45, 7) is 14.0. The zero-order valence-corrected chi connectivity index (χ0v) is 69.7. The Kier molecular flexibility index (Phi) is 18.0. The minimum absolute atomic E-state index is 0.0145. The summed E-state index contributed by atoms with van der Waals surface area (Å²) in [6, 6.07) is 145. The van der Waals surface area contributed by atoms with E-state index < -0.39 is 0 Å². The van der Waals surface area contributed by atoms with E-state index in [0.717, 1.165) is 33.8 Å². The summed E-state index contributed by atoms with van der Waals surface area (Å²) in [5.74, 6) is 0. The average Bonchev–Trinajstić information content (AvgIpc) is 1.68. The minimum atomic E-state index is -0.0686. The smallest absolute Gasteiger partial charge is 0.0714 e. The van der Waals surface area contributed by atoms with Gasteiger partial charge in [0.25, 0.3) is 0 Å². The molecule has 3 heteroatoms. The van der Waals surface area contributed by atoms with Gasteiger partial charge in [-0.05, 0) is 212 Å². The Morgan fingerprint density at radius 2 is 0.415 bits per heavy atom. The third-order valence-electron chi connectivity index (χ3n) is 26.8. The molecule has 3 aliphatic carbocycles. The van der Waals surface area contributed by atoms with Gasteiger partial charge in [-0.15, -0.1) is 0 Å². The van der Waals surface area contributed by atoms with Crippen molar-refractivity contribution in [3.05, 3.63) is 452 Å². The van der Waals surface area contributed by atoms with Gasteiger partial charge in [0.15, 0.2) is 0 Å². The normalized spacial score (nSPS) is 13.3. The molecule has 24 rings (SSSR count). The molecule has 0 N–H and O–H groups in total. The number of pyridine rings is 3. The van der Waals surface area contributed by atoms with Crippen LogP contribution in [0.3, 0.4) is 0 Å². The van der Waals surface area contributed by atoms with Gasteiger partial charge < -0.3 is 0 Å². The van der Waals surface area contributed by atoms with Crippen LogP contribution in [0.25, 0.3) is 199 Å². The molecule has 3 aromatic heterocycles. The van der Waals surface area contributed by atoms with Crippen LogP contribution in [0, 0.1) is 0 Å². The largest absolute Gasteiger partial charge is 0.256 e. The quantitative estimate of drug-likeness (QED) is 0.135. The van der Waals surface area contributed by atoms with Crippen LogP contribution >= 0.6 is 0 Å². The first-order valence-corrected chi connectivity index (χ1v) is 42.9. The Morgan fingerprint density at radius 3 is 0.789 bits per heavy atom. The van der Waals surface area contributed by atoms with Gasteiger partial charge in [0.05, 0.1) is 17.1 Å². The van der Waals surface area contributed by atoms with E-state index in [4.69, 9.17) is 15.0 Å². The van der Waals surface area contributed by atoms with Crippen molar-refractivity contribution in [2.75, 3.05) is 0 Å². The fraction of sp³-hybridized carbons (Fsp3) is 0.0750. The molecular weight excluding hydrogens is 1480 g/mol. The van der Waals surface area contributed by atoms with E-state index in [1.54, 1.807) is 0 Å². The van der Waals surface area contributed by atoms with Crippen LogP contribution in [0.1, 0.15) is 74.9 Å². The molecule has 0 unspecified atom stereocenters. The van der Waals surface area contributed by atoms with Crippen molar-refractivity contribution in [2.45, 2.75) is 57.8 Å². The summed E-state index contributed by atoms with van der Waals surface area (Å²) in [6.07, 6.45) is 6.15. The SMILES string of the molecule is CC1(C)c2ccccc2-c2cc(-c3ccc(-c4c5ccccc5c(-c5ccccc5)c5ccccc45)nc3)ccc21.CC1(C)c2ccccc2-c2ccc(-c3ccc(-c4c5ccccc5c(-c5ccccc5)c5ccccc45)nc3)cc21.CC1(C)c2ccccc2-c2cccc(-c3ccc(-c4c5ccccc5c(-c5ccccc5)c5ccccc45)nc3)c21. The maximum atomic E-state index is 5.15. The third kappa shape index (κ3) is 12.3. The molecule has 0 amide bonds. The van der Waals surface area contributed by atoms with E-state index >= 15 is 0 Å². The second-order valence-corrected chi connectivity index (χ2v) is 34.7. The van der Waals surface area contributed by atoms with E-state index in [1.165, 1.54) is 198 Å². The minimum Gasteiger partial charge on any atom is -0.256 e. The lowest BCUT2D eigenvalue weighted by atomic mass is 9.79. The van der Waals surface area contributed by atoms with Crippen LogP contribution < -0.4 is 0 Å². The summed E-state index contributed by atoms with van der Waals surface area (Å²) in [4.78, 5) is 15.3. The zero-order chi connectivity index (χ0) is 82.7. The Labute approximate surface area is 718 Å². The van der Waals surface area contributed by atoms with Gasteiger partial charge in [0, 0.05) is 68.2 Å². The predicted molar refractivity (Wildman–Crippen MR) is 519 cm³/mol. The molecular formula is C120H87N3. The van der Waals surface area contributed by atoms with Crippen molar-refractivity contribution in [1.29, 1.82) is 0 Å². The summed E-state index contributed by atoms with van der Waals surface area (Å²) in [5.41, 5.74) is 37.5. The lowest BCUT2D eigenvalue weighted by Crippen LogP contribution is -2.16. The Balaban J connectivity index is 0.000000110. The molecule has 18 aromatic carbocycles. The maximum absolute atomic E-state index is 5.15.